The minimum absolute atomic E-state index is 0.00731. The highest BCUT2D eigenvalue weighted by Gasteiger charge is 2.26. The minimum Gasteiger partial charge on any atom is -0.495 e. The molecule has 1 aromatic carbocycles. The van der Waals surface area contributed by atoms with E-state index in [2.05, 4.69) is 10.2 Å². The number of carbonyl (C=O) groups excluding carboxylic acids is 1. The largest absolute Gasteiger partial charge is 0.495 e. The quantitative estimate of drug-likeness (QED) is 0.364. The van der Waals surface area contributed by atoms with Crippen LogP contribution in [0.2, 0.25) is 0 Å². The van der Waals surface area contributed by atoms with Gasteiger partial charge in [0, 0.05) is 6.54 Å². The first kappa shape index (κ1) is 21.8. The van der Waals surface area contributed by atoms with Crippen LogP contribution in [-0.2, 0) is 0 Å². The van der Waals surface area contributed by atoms with Crippen LogP contribution in [0.5, 0.6) is 5.75 Å². The Morgan fingerprint density at radius 3 is 2.61 bits per heavy atom. The molecule has 0 fully saturated rings. The number of rotatable bonds is 10. The van der Waals surface area contributed by atoms with E-state index >= 15 is 0 Å². The van der Waals surface area contributed by atoms with Gasteiger partial charge in [0.1, 0.15) is 17.1 Å². The molecule has 0 radical (unpaired) electrons. The maximum Gasteiger partial charge on any atom is 0.285 e. The zero-order valence-electron chi connectivity index (χ0n) is 16.4. The van der Waals surface area contributed by atoms with Crippen LogP contribution in [0.4, 0.5) is 5.69 Å². The van der Waals surface area contributed by atoms with Crippen LogP contribution in [0.1, 0.15) is 36.0 Å². The maximum atomic E-state index is 12.8. The molecular formula is C19H25N3O5S. The molecule has 152 valence electrons. The lowest BCUT2D eigenvalue weighted by Gasteiger charge is -2.28. The van der Waals surface area contributed by atoms with Gasteiger partial charge in [0.15, 0.2) is 0 Å². The molecule has 0 bridgehead atoms. The predicted molar refractivity (Wildman–Crippen MR) is 108 cm³/mol. The van der Waals surface area contributed by atoms with Crippen molar-refractivity contribution in [2.75, 3.05) is 33.0 Å². The van der Waals surface area contributed by atoms with Gasteiger partial charge in [-0.1, -0.05) is 13.8 Å². The summed E-state index contributed by atoms with van der Waals surface area (Å²) >= 11 is 1.36. The Morgan fingerprint density at radius 1 is 1.39 bits per heavy atom. The fourth-order valence-corrected chi connectivity index (χ4v) is 3.62. The smallest absolute Gasteiger partial charge is 0.285 e. The number of carbonyl (C=O) groups is 1. The first-order valence-corrected chi connectivity index (χ1v) is 10.1. The molecule has 9 heteroatoms. The van der Waals surface area contributed by atoms with Crippen molar-refractivity contribution in [2.45, 2.75) is 24.8 Å². The highest BCUT2D eigenvalue weighted by atomic mass is 32.2. The SMILES string of the molecule is CCN(CC)C(CNC(=O)c1cc(SC)c(OC)cc1[N+](=O)[O-])c1ccco1. The molecule has 0 saturated carbocycles. The van der Waals surface area contributed by atoms with Gasteiger partial charge in [-0.15, -0.1) is 11.8 Å². The monoisotopic (exact) mass is 407 g/mol. The third-order valence-electron chi connectivity index (χ3n) is 4.52. The van der Waals surface area contributed by atoms with E-state index in [4.69, 9.17) is 9.15 Å². The molecule has 2 aromatic rings. The molecular weight excluding hydrogens is 382 g/mol. The van der Waals surface area contributed by atoms with Crippen LogP contribution in [0.25, 0.3) is 0 Å². The summed E-state index contributed by atoms with van der Waals surface area (Å²) in [5.41, 5.74) is -0.280. The number of likely N-dealkylation sites (N-methyl/N-ethyl adjacent to an activating group) is 1. The number of thioether (sulfide) groups is 1. The molecule has 0 aliphatic heterocycles. The molecule has 1 aromatic heterocycles. The summed E-state index contributed by atoms with van der Waals surface area (Å²) in [7, 11) is 1.44. The van der Waals surface area contributed by atoms with Gasteiger partial charge in [0.2, 0.25) is 0 Å². The highest BCUT2D eigenvalue weighted by Crippen LogP contribution is 2.34. The fraction of sp³-hybridized carbons (Fsp3) is 0.421. The Morgan fingerprint density at radius 2 is 2.11 bits per heavy atom. The molecule has 2 rings (SSSR count). The van der Waals surface area contributed by atoms with E-state index in [0.29, 0.717) is 10.6 Å². The number of ether oxygens (including phenoxy) is 1. The van der Waals surface area contributed by atoms with Gasteiger partial charge in [0.25, 0.3) is 11.6 Å². The zero-order valence-corrected chi connectivity index (χ0v) is 17.2. The molecule has 0 aliphatic carbocycles. The van der Waals surface area contributed by atoms with Crippen molar-refractivity contribution in [3.05, 3.63) is 52.0 Å². The number of amides is 1. The molecule has 28 heavy (non-hydrogen) atoms. The molecule has 1 atom stereocenters. The second kappa shape index (κ2) is 10.1. The van der Waals surface area contributed by atoms with E-state index in [1.54, 1.807) is 12.3 Å². The number of methoxy groups -OCH3 is 1. The van der Waals surface area contributed by atoms with Gasteiger partial charge in [-0.25, -0.2) is 0 Å². The number of hydrogen-bond donors (Lipinski definition) is 1. The van der Waals surface area contributed by atoms with Crippen molar-refractivity contribution in [1.82, 2.24) is 10.2 Å². The summed E-state index contributed by atoms with van der Waals surface area (Å²) in [6, 6.07) is 6.28. The van der Waals surface area contributed by atoms with Crippen LogP contribution in [0.15, 0.2) is 39.8 Å². The first-order valence-electron chi connectivity index (χ1n) is 8.92. The molecule has 1 heterocycles. The number of hydrogen-bond acceptors (Lipinski definition) is 7. The Kier molecular flexibility index (Phi) is 7.89. The van der Waals surface area contributed by atoms with Gasteiger partial charge in [-0.2, -0.15) is 0 Å². The van der Waals surface area contributed by atoms with E-state index in [0.717, 1.165) is 18.8 Å². The third-order valence-corrected chi connectivity index (χ3v) is 5.28. The van der Waals surface area contributed by atoms with E-state index in [1.807, 2.05) is 26.2 Å². The van der Waals surface area contributed by atoms with Crippen LogP contribution in [-0.4, -0.2) is 48.7 Å². The number of nitrogens with zero attached hydrogens (tertiary/aromatic N) is 2. The Bertz CT molecular complexity index is 806. The third kappa shape index (κ3) is 4.85. The van der Waals surface area contributed by atoms with Crippen LogP contribution in [0.3, 0.4) is 0 Å². The summed E-state index contributed by atoms with van der Waals surface area (Å²) in [4.78, 5) is 26.5. The van der Waals surface area contributed by atoms with Gasteiger partial charge in [0.05, 0.1) is 35.3 Å². The Hall–Kier alpha value is -2.52. The Labute approximate surface area is 168 Å². The van der Waals surface area contributed by atoms with Gasteiger partial charge < -0.3 is 14.5 Å². The number of furan rings is 1. The number of benzene rings is 1. The van der Waals surface area contributed by atoms with Gasteiger partial charge in [-0.05, 0) is 37.5 Å². The summed E-state index contributed by atoms with van der Waals surface area (Å²) in [6.45, 7) is 5.88. The van der Waals surface area contributed by atoms with E-state index in [-0.39, 0.29) is 23.8 Å². The second-order valence-electron chi connectivity index (χ2n) is 5.94. The van der Waals surface area contributed by atoms with Crippen molar-refractivity contribution < 1.29 is 18.9 Å². The van der Waals surface area contributed by atoms with Crippen LogP contribution < -0.4 is 10.1 Å². The predicted octanol–water partition coefficient (Wildman–Crippen LogP) is 3.73. The van der Waals surface area contributed by atoms with Gasteiger partial charge in [-0.3, -0.25) is 19.8 Å². The summed E-state index contributed by atoms with van der Waals surface area (Å²) in [6.07, 6.45) is 3.41. The summed E-state index contributed by atoms with van der Waals surface area (Å²) in [5, 5.41) is 14.3. The fourth-order valence-electron chi connectivity index (χ4n) is 3.04. The average Bonchev–Trinajstić information content (AvgIpc) is 3.24. The molecule has 0 aliphatic rings. The van der Waals surface area contributed by atoms with Crippen molar-refractivity contribution >= 4 is 23.4 Å². The highest BCUT2D eigenvalue weighted by molar-refractivity contribution is 7.98. The lowest BCUT2D eigenvalue weighted by Crippen LogP contribution is -2.38. The number of nitro benzene ring substituents is 1. The Balaban J connectivity index is 2.29. The van der Waals surface area contributed by atoms with Crippen molar-refractivity contribution in [2.24, 2.45) is 0 Å². The maximum absolute atomic E-state index is 12.8. The van der Waals surface area contributed by atoms with Crippen molar-refractivity contribution in [3.63, 3.8) is 0 Å². The van der Waals surface area contributed by atoms with Crippen molar-refractivity contribution in [3.8, 4) is 5.75 Å². The molecule has 0 saturated heterocycles. The minimum atomic E-state index is -0.573. The number of nitrogens with one attached hydrogen (secondary N) is 1. The molecule has 8 nitrogen and oxygen atoms in total. The summed E-state index contributed by atoms with van der Waals surface area (Å²) < 4.78 is 10.7. The first-order chi connectivity index (χ1) is 13.5. The van der Waals surface area contributed by atoms with Crippen LogP contribution in [0, 0.1) is 10.1 Å². The lowest BCUT2D eigenvalue weighted by atomic mass is 10.1. The van der Waals surface area contributed by atoms with Gasteiger partial charge >= 0.3 is 0 Å². The average molecular weight is 407 g/mol. The molecule has 1 unspecified atom stereocenters. The van der Waals surface area contributed by atoms with Crippen LogP contribution >= 0.6 is 11.8 Å². The standard InChI is InChI=1S/C19H25N3O5S/c1-5-21(6-2)15(16-8-7-9-27-16)12-20-19(23)13-10-18(28-4)17(26-3)11-14(13)22(24)25/h7-11,15H,5-6,12H2,1-4H3,(H,20,23). The molecule has 1 amide bonds. The van der Waals surface area contributed by atoms with E-state index in [9.17, 15) is 14.9 Å². The van der Waals surface area contributed by atoms with E-state index in [1.165, 1.54) is 31.0 Å². The molecule has 1 N–H and O–H groups in total. The number of nitro groups is 1. The second-order valence-corrected chi connectivity index (χ2v) is 6.79. The van der Waals surface area contributed by atoms with E-state index < -0.39 is 10.8 Å². The zero-order chi connectivity index (χ0) is 20.7. The topological polar surface area (TPSA) is 97.9 Å². The lowest BCUT2D eigenvalue weighted by molar-refractivity contribution is -0.385. The molecule has 0 spiro atoms. The van der Waals surface area contributed by atoms with Crippen molar-refractivity contribution in [1.29, 1.82) is 0 Å². The summed E-state index contributed by atoms with van der Waals surface area (Å²) in [5.74, 6) is 0.596. The normalized spacial score (nSPS) is 12.0.